The number of hydrogen-bond donors (Lipinski definition) is 0. The zero-order valence-corrected chi connectivity index (χ0v) is 12.2. The molecular weight excluding hydrogens is 270 g/mol. The van der Waals surface area contributed by atoms with Crippen LogP contribution in [0.4, 0.5) is 0 Å². The normalized spacial score (nSPS) is 15.4. The van der Waals surface area contributed by atoms with Crippen molar-refractivity contribution in [1.29, 1.82) is 0 Å². The second-order valence-electron chi connectivity index (χ2n) is 4.99. The summed E-state index contributed by atoms with van der Waals surface area (Å²) in [7, 11) is 1.63. The van der Waals surface area contributed by atoms with Gasteiger partial charge in [-0.2, -0.15) is 0 Å². The second kappa shape index (κ2) is 8.27. The number of allylic oxidation sites excluding steroid dienone is 7. The number of halogens is 1. The van der Waals surface area contributed by atoms with E-state index in [1.807, 2.05) is 0 Å². The molecule has 5 nitrogen and oxygen atoms in total. The molecule has 0 aromatic carbocycles. The van der Waals surface area contributed by atoms with Crippen LogP contribution in [0.5, 0.6) is 0 Å². The summed E-state index contributed by atoms with van der Waals surface area (Å²) in [6.07, 6.45) is 16.3. The molecule has 1 rings (SSSR count). The maximum atomic E-state index is 8.49. The quantitative estimate of drug-likeness (QED) is 0.558. The van der Waals surface area contributed by atoms with Crippen molar-refractivity contribution in [3.63, 3.8) is 0 Å². The van der Waals surface area contributed by atoms with Crippen LogP contribution in [0.25, 0.3) is 0 Å². The molecule has 0 amide bonds. The zero-order valence-electron chi connectivity index (χ0n) is 11.4. The molecule has 0 aliphatic heterocycles. The van der Waals surface area contributed by atoms with E-state index in [9.17, 15) is 0 Å². The van der Waals surface area contributed by atoms with Gasteiger partial charge in [0, 0.05) is 0 Å². The Bertz CT molecular complexity index is 353. The molecule has 0 fully saturated rings. The van der Waals surface area contributed by atoms with Gasteiger partial charge in [0.15, 0.2) is 0 Å². The first-order valence-corrected chi connectivity index (χ1v) is 6.93. The molecule has 0 spiro atoms. The van der Waals surface area contributed by atoms with E-state index >= 15 is 0 Å². The fourth-order valence-electron chi connectivity index (χ4n) is 1.21. The third-order valence-corrected chi connectivity index (χ3v) is 1.97. The summed E-state index contributed by atoms with van der Waals surface area (Å²) in [5.74, 6) is 0. The molecule has 0 unspecified atom stereocenters. The number of hydrogen-bond acceptors (Lipinski definition) is 4. The summed E-state index contributed by atoms with van der Waals surface area (Å²) >= 11 is 0. The smallest absolute Gasteiger partial charge is 0.0970 e. The van der Waals surface area contributed by atoms with E-state index in [-0.39, 0.29) is 0 Å². The van der Waals surface area contributed by atoms with Crippen molar-refractivity contribution in [3.05, 3.63) is 48.1 Å². The van der Waals surface area contributed by atoms with Crippen LogP contribution in [-0.4, -0.2) is 32.2 Å². The summed E-state index contributed by atoms with van der Waals surface area (Å²) < 4.78 is 34.9. The van der Waals surface area contributed by atoms with Crippen molar-refractivity contribution >= 4 is 0 Å². The Labute approximate surface area is 116 Å². The van der Waals surface area contributed by atoms with Gasteiger partial charge in [-0.15, -0.1) is 10.2 Å². The van der Waals surface area contributed by atoms with Crippen LogP contribution in [0.2, 0.25) is 0 Å². The van der Waals surface area contributed by atoms with Crippen molar-refractivity contribution < 1.29 is 33.4 Å². The molecular formula is C13H20ClNO4. The van der Waals surface area contributed by atoms with Gasteiger partial charge in [0.2, 0.25) is 0 Å². The standard InChI is InChI=1S/C13H20N.ClHO4/c1-14(2,3)12-8-7-11-13-9-5-4-6-10-13;2-1(3,4)5/h5-11H,4,12H2,1-3H3;(H,2,3,4,5)/q+1;/p-1/b8-7+;. The minimum atomic E-state index is -4.94. The van der Waals surface area contributed by atoms with E-state index in [0.717, 1.165) is 17.4 Å². The van der Waals surface area contributed by atoms with Crippen molar-refractivity contribution in [2.24, 2.45) is 0 Å². The predicted molar refractivity (Wildman–Crippen MR) is 63.0 cm³/mol. The second-order valence-corrected chi connectivity index (χ2v) is 5.74. The first kappa shape index (κ1) is 18.0. The van der Waals surface area contributed by atoms with Crippen LogP contribution in [0, 0.1) is 10.2 Å². The Morgan fingerprint density at radius 2 is 1.58 bits per heavy atom. The summed E-state index contributed by atoms with van der Waals surface area (Å²) in [6, 6.07) is 0. The highest BCUT2D eigenvalue weighted by Gasteiger charge is 2.00. The van der Waals surface area contributed by atoms with E-state index in [1.165, 1.54) is 5.57 Å². The van der Waals surface area contributed by atoms with Gasteiger partial charge in [0.1, 0.15) is 0 Å². The van der Waals surface area contributed by atoms with Crippen LogP contribution in [0.3, 0.4) is 0 Å². The van der Waals surface area contributed by atoms with Crippen LogP contribution in [0.1, 0.15) is 6.42 Å². The largest absolute Gasteiger partial charge is 0.328 e. The Hall–Kier alpha value is -0.950. The van der Waals surface area contributed by atoms with Gasteiger partial charge >= 0.3 is 0 Å². The Kier molecular flexibility index (Phi) is 7.85. The molecule has 0 bridgehead atoms. The number of nitrogens with zero attached hydrogens (tertiary/aromatic N) is 1. The van der Waals surface area contributed by atoms with Gasteiger partial charge < -0.3 is 4.48 Å². The first-order chi connectivity index (χ1) is 8.58. The maximum absolute atomic E-state index is 8.49. The molecule has 0 aromatic heterocycles. The lowest BCUT2D eigenvalue weighted by Crippen LogP contribution is -2.68. The van der Waals surface area contributed by atoms with Crippen molar-refractivity contribution in [2.75, 3.05) is 27.7 Å². The van der Waals surface area contributed by atoms with Crippen LogP contribution < -0.4 is 18.6 Å². The summed E-state index contributed by atoms with van der Waals surface area (Å²) in [5.41, 5.74) is 1.29. The molecule has 0 heterocycles. The lowest BCUT2D eigenvalue weighted by atomic mass is 10.1. The highest BCUT2D eigenvalue weighted by atomic mass is 35.7. The van der Waals surface area contributed by atoms with Gasteiger partial charge in [-0.3, -0.25) is 0 Å². The van der Waals surface area contributed by atoms with Gasteiger partial charge in [-0.1, -0.05) is 36.5 Å². The lowest BCUT2D eigenvalue weighted by Gasteiger charge is -2.21. The SMILES string of the molecule is C[N+](C)(C)C/C=C/C=C1C=CCC=C1.[O-][Cl+3]([O-])([O-])[O-]. The van der Waals surface area contributed by atoms with Crippen LogP contribution in [-0.2, 0) is 0 Å². The highest BCUT2D eigenvalue weighted by molar-refractivity contribution is 5.36. The molecule has 1 aliphatic carbocycles. The summed E-state index contributed by atoms with van der Waals surface area (Å²) in [6.45, 7) is 1.07. The van der Waals surface area contributed by atoms with Crippen LogP contribution in [0.15, 0.2) is 48.1 Å². The van der Waals surface area contributed by atoms with Crippen molar-refractivity contribution in [1.82, 2.24) is 0 Å². The molecule has 108 valence electrons. The van der Waals surface area contributed by atoms with E-state index in [2.05, 4.69) is 63.7 Å². The Morgan fingerprint density at radius 1 is 1.11 bits per heavy atom. The molecule has 0 N–H and O–H groups in total. The third kappa shape index (κ3) is 17.1. The molecule has 19 heavy (non-hydrogen) atoms. The van der Waals surface area contributed by atoms with Crippen molar-refractivity contribution in [3.8, 4) is 0 Å². The van der Waals surface area contributed by atoms with E-state index < -0.39 is 10.2 Å². The van der Waals surface area contributed by atoms with Gasteiger partial charge in [-0.05, 0) is 18.1 Å². The average Bonchev–Trinajstić information content (AvgIpc) is 2.22. The summed E-state index contributed by atoms with van der Waals surface area (Å²) in [4.78, 5) is 0. The van der Waals surface area contributed by atoms with E-state index in [4.69, 9.17) is 18.6 Å². The fourth-order valence-corrected chi connectivity index (χ4v) is 1.21. The van der Waals surface area contributed by atoms with Gasteiger partial charge in [-0.25, -0.2) is 18.6 Å². The third-order valence-electron chi connectivity index (χ3n) is 1.97. The molecule has 1 aliphatic rings. The van der Waals surface area contributed by atoms with E-state index in [1.54, 1.807) is 0 Å². The number of quaternary nitrogens is 1. The molecule has 0 saturated heterocycles. The molecule has 0 atom stereocenters. The topological polar surface area (TPSA) is 92.2 Å². The minimum absolute atomic E-state index is 0.978. The summed E-state index contributed by atoms with van der Waals surface area (Å²) in [5, 5.41) is 0. The Morgan fingerprint density at radius 3 is 2.00 bits per heavy atom. The fraction of sp³-hybridized carbons (Fsp3) is 0.385. The zero-order chi connectivity index (χ0) is 14.9. The molecule has 0 saturated carbocycles. The van der Waals surface area contributed by atoms with Gasteiger partial charge in [0.05, 0.1) is 27.7 Å². The highest BCUT2D eigenvalue weighted by Crippen LogP contribution is 2.07. The molecule has 0 radical (unpaired) electrons. The Balaban J connectivity index is 0.000000555. The maximum Gasteiger partial charge on any atom is 0.0970 e. The van der Waals surface area contributed by atoms with Crippen LogP contribution >= 0.6 is 0 Å². The number of likely N-dealkylation sites (N-methyl/N-ethyl adjacent to an activating group) is 1. The molecule has 0 aromatic rings. The van der Waals surface area contributed by atoms with Crippen molar-refractivity contribution in [2.45, 2.75) is 6.42 Å². The predicted octanol–water partition coefficient (Wildman–Crippen LogP) is -2.06. The van der Waals surface area contributed by atoms with E-state index in [0.29, 0.717) is 0 Å². The monoisotopic (exact) mass is 289 g/mol. The van der Waals surface area contributed by atoms with Gasteiger partial charge in [0.25, 0.3) is 0 Å². The number of rotatable bonds is 3. The minimum Gasteiger partial charge on any atom is -0.328 e. The lowest BCUT2D eigenvalue weighted by molar-refractivity contribution is -2.00. The average molecular weight is 290 g/mol. The first-order valence-electron chi connectivity index (χ1n) is 5.70. The molecule has 6 heteroatoms.